The molecule has 1 aromatic rings. The standard InChI is InChI=1S/C21H32N4O3/c1-3-13-25(14-19(26)23-18-12-8-7-9-16(18)2)15-20(27)24-21(28)22-17-10-5-4-6-11-17/h7-9,12,17H,3-6,10-11,13-15H2,1-2H3,(H,23,26)(H2,22,24,27,28). The van der Waals surface area contributed by atoms with Gasteiger partial charge in [-0.25, -0.2) is 4.79 Å². The molecule has 0 heterocycles. The molecule has 0 atom stereocenters. The van der Waals surface area contributed by atoms with Crippen molar-refractivity contribution < 1.29 is 14.4 Å². The van der Waals surface area contributed by atoms with Gasteiger partial charge in [0.25, 0.3) is 0 Å². The molecular formula is C21H32N4O3. The molecule has 7 nitrogen and oxygen atoms in total. The summed E-state index contributed by atoms with van der Waals surface area (Å²) in [6.07, 6.45) is 6.15. The van der Waals surface area contributed by atoms with Crippen LogP contribution in [0.5, 0.6) is 0 Å². The van der Waals surface area contributed by atoms with E-state index in [1.807, 2.05) is 38.1 Å². The van der Waals surface area contributed by atoms with Gasteiger partial charge < -0.3 is 10.6 Å². The third-order valence-corrected chi connectivity index (χ3v) is 4.89. The van der Waals surface area contributed by atoms with E-state index in [0.717, 1.165) is 43.4 Å². The maximum absolute atomic E-state index is 12.4. The SMILES string of the molecule is CCCN(CC(=O)NC(=O)NC1CCCCC1)CC(=O)Nc1ccccc1C. The number of nitrogens with zero attached hydrogens (tertiary/aromatic N) is 1. The zero-order chi connectivity index (χ0) is 20.4. The number of urea groups is 1. The van der Waals surface area contributed by atoms with E-state index < -0.39 is 11.9 Å². The first-order valence-electron chi connectivity index (χ1n) is 10.2. The summed E-state index contributed by atoms with van der Waals surface area (Å²) in [6, 6.07) is 7.25. The molecule has 2 rings (SSSR count). The molecule has 0 radical (unpaired) electrons. The quantitative estimate of drug-likeness (QED) is 0.639. The molecule has 4 amide bonds. The zero-order valence-electron chi connectivity index (χ0n) is 16.9. The molecule has 0 aliphatic heterocycles. The molecule has 28 heavy (non-hydrogen) atoms. The fourth-order valence-electron chi connectivity index (χ4n) is 3.47. The van der Waals surface area contributed by atoms with Crippen molar-refractivity contribution in [2.24, 2.45) is 0 Å². The van der Waals surface area contributed by atoms with Crippen molar-refractivity contribution in [2.45, 2.75) is 58.4 Å². The van der Waals surface area contributed by atoms with Crippen LogP contribution in [0.2, 0.25) is 0 Å². The number of carbonyl (C=O) groups is 3. The number of rotatable bonds is 8. The van der Waals surface area contributed by atoms with Crippen molar-refractivity contribution >= 4 is 23.5 Å². The predicted molar refractivity (Wildman–Crippen MR) is 110 cm³/mol. The molecule has 0 unspecified atom stereocenters. The van der Waals surface area contributed by atoms with Gasteiger partial charge in [-0.3, -0.25) is 19.8 Å². The average molecular weight is 389 g/mol. The molecule has 7 heteroatoms. The van der Waals surface area contributed by atoms with Crippen LogP contribution < -0.4 is 16.0 Å². The van der Waals surface area contributed by atoms with Gasteiger partial charge in [0.1, 0.15) is 0 Å². The molecule has 0 bridgehead atoms. The van der Waals surface area contributed by atoms with Crippen molar-refractivity contribution in [3.63, 3.8) is 0 Å². The summed E-state index contributed by atoms with van der Waals surface area (Å²) >= 11 is 0. The third-order valence-electron chi connectivity index (χ3n) is 4.89. The number of anilines is 1. The second kappa shape index (κ2) is 11.4. The van der Waals surface area contributed by atoms with E-state index in [4.69, 9.17) is 0 Å². The molecule has 1 aromatic carbocycles. The average Bonchev–Trinajstić information content (AvgIpc) is 2.64. The molecular weight excluding hydrogens is 356 g/mol. The smallest absolute Gasteiger partial charge is 0.321 e. The molecule has 154 valence electrons. The minimum Gasteiger partial charge on any atom is -0.335 e. The van der Waals surface area contributed by atoms with Crippen LogP contribution >= 0.6 is 0 Å². The Kier molecular flexibility index (Phi) is 8.94. The molecule has 1 aliphatic carbocycles. The zero-order valence-corrected chi connectivity index (χ0v) is 16.9. The van der Waals surface area contributed by atoms with Crippen molar-refractivity contribution in [3.05, 3.63) is 29.8 Å². The van der Waals surface area contributed by atoms with E-state index in [2.05, 4.69) is 16.0 Å². The van der Waals surface area contributed by atoms with Gasteiger partial charge in [0.05, 0.1) is 13.1 Å². The summed E-state index contributed by atoms with van der Waals surface area (Å²) in [4.78, 5) is 38.3. The lowest BCUT2D eigenvalue weighted by Gasteiger charge is -2.23. The number of hydrogen-bond donors (Lipinski definition) is 3. The monoisotopic (exact) mass is 388 g/mol. The van der Waals surface area contributed by atoms with E-state index in [1.54, 1.807) is 4.90 Å². The molecule has 1 fully saturated rings. The topological polar surface area (TPSA) is 90.5 Å². The summed E-state index contributed by atoms with van der Waals surface area (Å²) < 4.78 is 0. The van der Waals surface area contributed by atoms with Gasteiger partial charge in [0, 0.05) is 11.7 Å². The van der Waals surface area contributed by atoms with Gasteiger partial charge in [-0.15, -0.1) is 0 Å². The third kappa shape index (κ3) is 7.68. The van der Waals surface area contributed by atoms with Crippen LogP contribution in [-0.4, -0.2) is 48.4 Å². The highest BCUT2D eigenvalue weighted by molar-refractivity contribution is 5.96. The summed E-state index contributed by atoms with van der Waals surface area (Å²) in [5, 5.41) is 8.13. The maximum atomic E-state index is 12.4. The van der Waals surface area contributed by atoms with E-state index in [-0.39, 0.29) is 25.0 Å². The highest BCUT2D eigenvalue weighted by Crippen LogP contribution is 2.17. The Morgan fingerprint density at radius 1 is 1.04 bits per heavy atom. The lowest BCUT2D eigenvalue weighted by Crippen LogP contribution is -2.48. The van der Waals surface area contributed by atoms with Gasteiger partial charge in [-0.1, -0.05) is 44.4 Å². The minimum absolute atomic E-state index is 0.00706. The Balaban J connectivity index is 1.80. The van der Waals surface area contributed by atoms with E-state index in [0.29, 0.717) is 6.54 Å². The van der Waals surface area contributed by atoms with E-state index in [1.165, 1.54) is 6.42 Å². The minimum atomic E-state index is -0.447. The highest BCUT2D eigenvalue weighted by Gasteiger charge is 2.19. The normalized spacial score (nSPS) is 14.5. The first-order chi connectivity index (χ1) is 13.5. The number of amides is 4. The number of carbonyl (C=O) groups excluding carboxylic acids is 3. The number of aryl methyl sites for hydroxylation is 1. The van der Waals surface area contributed by atoms with Crippen LogP contribution in [0.15, 0.2) is 24.3 Å². The van der Waals surface area contributed by atoms with Crippen LogP contribution in [0.3, 0.4) is 0 Å². The molecule has 1 aliphatic rings. The van der Waals surface area contributed by atoms with Crippen LogP contribution in [0.4, 0.5) is 10.5 Å². The number of para-hydroxylation sites is 1. The van der Waals surface area contributed by atoms with Crippen molar-refractivity contribution in [1.29, 1.82) is 0 Å². The molecule has 0 spiro atoms. The van der Waals surface area contributed by atoms with Crippen LogP contribution in [0.1, 0.15) is 51.0 Å². The van der Waals surface area contributed by atoms with Gasteiger partial charge in [-0.2, -0.15) is 0 Å². The van der Waals surface area contributed by atoms with Crippen LogP contribution in [0.25, 0.3) is 0 Å². The Morgan fingerprint density at radius 2 is 1.71 bits per heavy atom. The molecule has 1 saturated carbocycles. The second-order valence-electron chi connectivity index (χ2n) is 7.43. The Labute approximate surface area is 167 Å². The summed E-state index contributed by atoms with van der Waals surface area (Å²) in [5.41, 5.74) is 1.75. The number of imide groups is 1. The van der Waals surface area contributed by atoms with E-state index >= 15 is 0 Å². The Bertz CT molecular complexity index is 671. The number of hydrogen-bond acceptors (Lipinski definition) is 4. The maximum Gasteiger partial charge on any atom is 0.321 e. The van der Waals surface area contributed by atoms with Gasteiger partial charge in [-0.05, 0) is 44.4 Å². The predicted octanol–water partition coefficient (Wildman–Crippen LogP) is 2.80. The van der Waals surface area contributed by atoms with Crippen molar-refractivity contribution in [1.82, 2.24) is 15.5 Å². The van der Waals surface area contributed by atoms with Crippen molar-refractivity contribution in [3.8, 4) is 0 Å². The fourth-order valence-corrected chi connectivity index (χ4v) is 3.47. The van der Waals surface area contributed by atoms with Crippen molar-refractivity contribution in [2.75, 3.05) is 25.0 Å². The summed E-state index contributed by atoms with van der Waals surface area (Å²) in [7, 11) is 0. The molecule has 3 N–H and O–H groups in total. The number of benzene rings is 1. The highest BCUT2D eigenvalue weighted by atomic mass is 16.2. The van der Waals surface area contributed by atoms with Crippen LogP contribution in [0, 0.1) is 6.92 Å². The second-order valence-corrected chi connectivity index (χ2v) is 7.43. The lowest BCUT2D eigenvalue weighted by atomic mass is 9.96. The first-order valence-corrected chi connectivity index (χ1v) is 10.2. The fraction of sp³-hybridized carbons (Fsp3) is 0.571. The first kappa shape index (κ1) is 21.9. The number of nitrogens with one attached hydrogen (secondary N) is 3. The van der Waals surface area contributed by atoms with Gasteiger partial charge >= 0.3 is 6.03 Å². The lowest BCUT2D eigenvalue weighted by molar-refractivity contribution is -0.122. The summed E-state index contributed by atoms with van der Waals surface area (Å²) in [6.45, 7) is 4.61. The largest absolute Gasteiger partial charge is 0.335 e. The Hall–Kier alpha value is -2.41. The Morgan fingerprint density at radius 3 is 2.39 bits per heavy atom. The van der Waals surface area contributed by atoms with Gasteiger partial charge in [0.2, 0.25) is 11.8 Å². The summed E-state index contributed by atoms with van der Waals surface area (Å²) in [5.74, 6) is -0.576. The van der Waals surface area contributed by atoms with Crippen LogP contribution in [-0.2, 0) is 9.59 Å². The molecule has 0 aromatic heterocycles. The van der Waals surface area contributed by atoms with E-state index in [9.17, 15) is 14.4 Å². The molecule has 0 saturated heterocycles. The van der Waals surface area contributed by atoms with Gasteiger partial charge in [0.15, 0.2) is 0 Å².